The van der Waals surface area contributed by atoms with Crippen molar-refractivity contribution in [3.05, 3.63) is 0 Å². The molecule has 1 fully saturated rings. The van der Waals surface area contributed by atoms with E-state index in [4.69, 9.17) is 10.8 Å². The van der Waals surface area contributed by atoms with Crippen molar-refractivity contribution < 1.29 is 9.90 Å². The minimum absolute atomic E-state index is 0.0545. The predicted molar refractivity (Wildman–Crippen MR) is 54.3 cm³/mol. The summed E-state index contributed by atoms with van der Waals surface area (Å²) >= 11 is 2.16. The molecule has 1 amide bonds. The largest absolute Gasteiger partial charge is 0.465 e. The lowest BCUT2D eigenvalue weighted by Gasteiger charge is -2.35. The molecule has 0 radical (unpaired) electrons. The highest BCUT2D eigenvalue weighted by atomic mass is 127. The van der Waals surface area contributed by atoms with Gasteiger partial charge in [-0.3, -0.25) is 4.90 Å². The van der Waals surface area contributed by atoms with Gasteiger partial charge in [0.1, 0.15) is 0 Å². The van der Waals surface area contributed by atoms with Crippen LogP contribution in [0.1, 0.15) is 12.8 Å². The highest BCUT2D eigenvalue weighted by Gasteiger charge is 2.31. The Hall–Kier alpha value is -0.0400. The third-order valence-electron chi connectivity index (χ3n) is 2.21. The lowest BCUT2D eigenvalue weighted by molar-refractivity contribution is 0.116. The smallest absolute Gasteiger partial charge is 0.408 e. The van der Waals surface area contributed by atoms with Crippen LogP contribution in [-0.2, 0) is 0 Å². The van der Waals surface area contributed by atoms with Crippen molar-refractivity contribution in [1.29, 1.82) is 0 Å². The summed E-state index contributed by atoms with van der Waals surface area (Å²) in [5.74, 6) is 0.329. The molecule has 3 N–H and O–H groups in total. The summed E-state index contributed by atoms with van der Waals surface area (Å²) < 4.78 is 0.0545. The molecule has 2 unspecified atom stereocenters. The zero-order valence-corrected chi connectivity index (χ0v) is 8.90. The van der Waals surface area contributed by atoms with E-state index in [-0.39, 0.29) is 4.05 Å². The maximum atomic E-state index is 10.7. The fourth-order valence-corrected chi connectivity index (χ4v) is 2.64. The lowest BCUT2D eigenvalue weighted by Crippen LogP contribution is -2.46. The first-order chi connectivity index (χ1) is 5.66. The first-order valence-corrected chi connectivity index (χ1v) is 5.25. The van der Waals surface area contributed by atoms with Gasteiger partial charge in [0, 0.05) is 12.5 Å². The lowest BCUT2D eigenvalue weighted by atomic mass is 9.99. The number of nitrogens with zero attached hydrogens (tertiary/aromatic N) is 1. The second-order valence-corrected chi connectivity index (χ2v) is 4.26. The Morgan fingerprint density at radius 1 is 1.75 bits per heavy atom. The second kappa shape index (κ2) is 4.27. The summed E-state index contributed by atoms with van der Waals surface area (Å²) in [5, 5.41) is 8.80. The number of piperidine rings is 1. The third-order valence-corrected chi connectivity index (χ3v) is 3.90. The summed E-state index contributed by atoms with van der Waals surface area (Å²) in [5.41, 5.74) is 5.53. The van der Waals surface area contributed by atoms with Gasteiger partial charge in [-0.2, -0.15) is 0 Å². The summed E-state index contributed by atoms with van der Waals surface area (Å²) in [7, 11) is 0. The van der Waals surface area contributed by atoms with Crippen LogP contribution in [0.15, 0.2) is 0 Å². The van der Waals surface area contributed by atoms with Crippen LogP contribution in [0.4, 0.5) is 4.79 Å². The minimum atomic E-state index is -0.826. The van der Waals surface area contributed by atoms with E-state index in [1.807, 2.05) is 0 Å². The molecule has 2 atom stereocenters. The van der Waals surface area contributed by atoms with Crippen LogP contribution in [0.5, 0.6) is 0 Å². The van der Waals surface area contributed by atoms with Gasteiger partial charge < -0.3 is 10.8 Å². The van der Waals surface area contributed by atoms with Gasteiger partial charge in [0.05, 0.1) is 4.05 Å². The molecule has 0 saturated carbocycles. The summed E-state index contributed by atoms with van der Waals surface area (Å²) in [6, 6.07) is 0. The van der Waals surface area contributed by atoms with E-state index < -0.39 is 6.09 Å². The molecule has 0 aromatic heterocycles. The number of likely N-dealkylation sites (tertiary alicyclic amines) is 1. The monoisotopic (exact) mass is 284 g/mol. The van der Waals surface area contributed by atoms with Crippen molar-refractivity contribution >= 4 is 28.7 Å². The molecule has 4 nitrogen and oxygen atoms in total. The number of halogens is 1. The molecule has 0 aliphatic carbocycles. The molecule has 12 heavy (non-hydrogen) atoms. The van der Waals surface area contributed by atoms with Gasteiger partial charge in [0.25, 0.3) is 0 Å². The van der Waals surface area contributed by atoms with Gasteiger partial charge in [-0.25, -0.2) is 4.79 Å². The van der Waals surface area contributed by atoms with E-state index >= 15 is 0 Å². The van der Waals surface area contributed by atoms with Crippen molar-refractivity contribution in [2.45, 2.75) is 16.9 Å². The van der Waals surface area contributed by atoms with Crippen LogP contribution in [0, 0.1) is 5.92 Å². The molecule has 0 spiro atoms. The van der Waals surface area contributed by atoms with Gasteiger partial charge in [0.2, 0.25) is 0 Å². The van der Waals surface area contributed by atoms with E-state index in [2.05, 4.69) is 22.6 Å². The van der Waals surface area contributed by atoms with E-state index in [1.54, 1.807) is 0 Å². The zero-order valence-electron chi connectivity index (χ0n) is 6.74. The van der Waals surface area contributed by atoms with Crippen molar-refractivity contribution in [2.24, 2.45) is 11.7 Å². The predicted octanol–water partition coefficient (Wildman–Crippen LogP) is 1.10. The Morgan fingerprint density at radius 2 is 2.42 bits per heavy atom. The van der Waals surface area contributed by atoms with Crippen LogP contribution in [-0.4, -0.2) is 33.2 Å². The Balaban J connectivity index is 2.59. The topological polar surface area (TPSA) is 66.6 Å². The van der Waals surface area contributed by atoms with E-state index in [9.17, 15) is 4.79 Å². The van der Waals surface area contributed by atoms with Crippen molar-refractivity contribution in [1.82, 2.24) is 4.90 Å². The van der Waals surface area contributed by atoms with Gasteiger partial charge in [-0.1, -0.05) is 22.6 Å². The van der Waals surface area contributed by atoms with E-state index in [0.29, 0.717) is 19.0 Å². The second-order valence-electron chi connectivity index (χ2n) is 2.99. The number of rotatable bonds is 1. The molecule has 0 bridgehead atoms. The highest BCUT2D eigenvalue weighted by molar-refractivity contribution is 14.1. The molecule has 1 aliphatic heterocycles. The number of hydrogen-bond acceptors (Lipinski definition) is 2. The Labute approximate surface area is 85.2 Å². The van der Waals surface area contributed by atoms with Crippen LogP contribution in [0.25, 0.3) is 0 Å². The normalized spacial score (nSPS) is 30.3. The Kier molecular flexibility index (Phi) is 3.57. The van der Waals surface area contributed by atoms with Gasteiger partial charge in [-0.05, 0) is 19.4 Å². The summed E-state index contributed by atoms with van der Waals surface area (Å²) in [6.45, 7) is 1.23. The van der Waals surface area contributed by atoms with Crippen LogP contribution in [0.3, 0.4) is 0 Å². The van der Waals surface area contributed by atoms with Crippen LogP contribution in [0.2, 0.25) is 0 Å². The standard InChI is InChI=1S/C7H13IN2O2/c8-6-5(4-9)2-1-3-10(6)7(11)12/h5-6H,1-4,9H2,(H,11,12). The van der Waals surface area contributed by atoms with Crippen molar-refractivity contribution in [3.63, 3.8) is 0 Å². The maximum Gasteiger partial charge on any atom is 0.408 e. The molecule has 5 heteroatoms. The molecule has 1 aliphatic rings. The first kappa shape index (κ1) is 10.0. The fourth-order valence-electron chi connectivity index (χ4n) is 1.47. The van der Waals surface area contributed by atoms with Crippen LogP contribution >= 0.6 is 22.6 Å². The van der Waals surface area contributed by atoms with Crippen LogP contribution < -0.4 is 5.73 Å². The van der Waals surface area contributed by atoms with E-state index in [0.717, 1.165) is 12.8 Å². The molecule has 1 heterocycles. The van der Waals surface area contributed by atoms with E-state index in [1.165, 1.54) is 4.90 Å². The van der Waals surface area contributed by atoms with Gasteiger partial charge in [0.15, 0.2) is 0 Å². The number of alkyl halides is 1. The molecular weight excluding hydrogens is 271 g/mol. The quantitative estimate of drug-likeness (QED) is 0.430. The maximum absolute atomic E-state index is 10.7. The number of carboxylic acid groups (broad SMARTS) is 1. The fraction of sp³-hybridized carbons (Fsp3) is 0.857. The van der Waals surface area contributed by atoms with Gasteiger partial charge >= 0.3 is 6.09 Å². The molecule has 0 aromatic rings. The number of nitrogens with two attached hydrogens (primary N) is 1. The van der Waals surface area contributed by atoms with Gasteiger partial charge in [-0.15, -0.1) is 0 Å². The number of amides is 1. The minimum Gasteiger partial charge on any atom is -0.465 e. The average molecular weight is 284 g/mol. The third kappa shape index (κ3) is 2.01. The first-order valence-electron chi connectivity index (χ1n) is 4.00. The Bertz CT molecular complexity index is 177. The SMILES string of the molecule is NCC1CCCN(C(=O)O)C1I. The molecule has 1 rings (SSSR count). The number of carbonyl (C=O) groups is 1. The van der Waals surface area contributed by atoms with Crippen molar-refractivity contribution in [2.75, 3.05) is 13.1 Å². The molecule has 1 saturated heterocycles. The zero-order chi connectivity index (χ0) is 9.14. The highest BCUT2D eigenvalue weighted by Crippen LogP contribution is 2.27. The summed E-state index contributed by atoms with van der Waals surface area (Å²) in [4.78, 5) is 12.2. The van der Waals surface area contributed by atoms with Crippen molar-refractivity contribution in [3.8, 4) is 0 Å². The molecule has 70 valence electrons. The summed E-state index contributed by atoms with van der Waals surface area (Å²) in [6.07, 6.45) is 1.16. The Morgan fingerprint density at radius 3 is 2.92 bits per heavy atom. The number of hydrogen-bond donors (Lipinski definition) is 2. The molecule has 0 aromatic carbocycles. The average Bonchev–Trinajstić information content (AvgIpc) is 2.04. The molecular formula is C7H13IN2O2.